The van der Waals surface area contributed by atoms with E-state index in [1.807, 2.05) is 0 Å². The van der Waals surface area contributed by atoms with Gasteiger partial charge in [0.1, 0.15) is 23.9 Å². The van der Waals surface area contributed by atoms with Crippen molar-refractivity contribution in [3.05, 3.63) is 48.0 Å². The Hall–Kier alpha value is -3.93. The smallest absolute Gasteiger partial charge is 0.326 e. The van der Waals surface area contributed by atoms with Crippen LogP contribution in [-0.2, 0) is 32.0 Å². The van der Waals surface area contributed by atoms with E-state index < -0.39 is 53.8 Å². The van der Waals surface area contributed by atoms with Gasteiger partial charge in [0.15, 0.2) is 0 Å². The maximum atomic E-state index is 13.4. The number of carbonyl (C=O) groups is 4. The second kappa shape index (κ2) is 13.4. The third kappa shape index (κ3) is 8.90. The van der Waals surface area contributed by atoms with Gasteiger partial charge in [-0.25, -0.2) is 9.78 Å². The highest BCUT2D eigenvalue weighted by Crippen LogP contribution is 2.13. The van der Waals surface area contributed by atoms with Gasteiger partial charge in [0.2, 0.25) is 17.7 Å². The first-order valence-corrected chi connectivity index (χ1v) is 12.0. The fraction of sp³-hybridized carbons (Fsp3) is 0.480. The zero-order valence-electron chi connectivity index (χ0n) is 21.4. The minimum Gasteiger partial charge on any atom is -0.508 e. The first kappa shape index (κ1) is 29.3. The quantitative estimate of drug-likeness (QED) is 0.194. The van der Waals surface area contributed by atoms with Crippen LogP contribution in [0.2, 0.25) is 0 Å². The predicted molar refractivity (Wildman–Crippen MR) is 135 cm³/mol. The molecule has 12 heteroatoms. The summed E-state index contributed by atoms with van der Waals surface area (Å²) < 4.78 is 0. The number of H-pyrrole nitrogens is 1. The zero-order valence-corrected chi connectivity index (χ0v) is 21.4. The number of amides is 3. The molecule has 2 rings (SSSR count). The van der Waals surface area contributed by atoms with Gasteiger partial charge in [0.25, 0.3) is 0 Å². The molecule has 1 aromatic carbocycles. The Labute approximate surface area is 215 Å². The van der Waals surface area contributed by atoms with Crippen LogP contribution in [0.4, 0.5) is 0 Å². The number of nitrogens with zero attached hydrogens (tertiary/aromatic N) is 1. The normalized spacial score (nSPS) is 14.5. The van der Waals surface area contributed by atoms with E-state index in [1.165, 1.54) is 24.7 Å². The summed E-state index contributed by atoms with van der Waals surface area (Å²) in [5.41, 5.74) is 7.14. The summed E-state index contributed by atoms with van der Waals surface area (Å²) in [6, 6.07) is 1.77. The highest BCUT2D eigenvalue weighted by atomic mass is 16.4. The molecule has 8 N–H and O–H groups in total. The van der Waals surface area contributed by atoms with E-state index in [-0.39, 0.29) is 24.5 Å². The molecule has 0 aliphatic heterocycles. The number of carbonyl (C=O) groups excluding carboxylic acids is 3. The highest BCUT2D eigenvalue weighted by molar-refractivity contribution is 5.94. The summed E-state index contributed by atoms with van der Waals surface area (Å²) in [7, 11) is 0. The number of imidazole rings is 1. The molecule has 1 aromatic heterocycles. The van der Waals surface area contributed by atoms with Crippen molar-refractivity contribution in [2.75, 3.05) is 0 Å². The SMILES string of the molecule is CC(C)C(N)C(=O)NC(Cc1cnc[nH]1)C(=O)NC(Cc1ccc(O)cc1)C(=O)NC(C(=O)O)C(C)C. The van der Waals surface area contributed by atoms with Crippen LogP contribution in [0.5, 0.6) is 5.75 Å². The van der Waals surface area contributed by atoms with Gasteiger partial charge in [0, 0.05) is 24.7 Å². The predicted octanol–water partition coefficient (Wildman–Crippen LogP) is 0.0788. The third-order valence-electron chi connectivity index (χ3n) is 5.87. The van der Waals surface area contributed by atoms with Gasteiger partial charge in [-0.05, 0) is 29.5 Å². The second-order valence-corrected chi connectivity index (χ2v) is 9.61. The monoisotopic (exact) mass is 516 g/mol. The number of phenolic OH excluding ortho intramolecular Hbond substituents is 1. The molecular formula is C25H36N6O6. The molecule has 0 saturated carbocycles. The fourth-order valence-electron chi connectivity index (χ4n) is 3.51. The van der Waals surface area contributed by atoms with Crippen LogP contribution in [0.3, 0.4) is 0 Å². The van der Waals surface area contributed by atoms with Gasteiger partial charge < -0.3 is 36.9 Å². The van der Waals surface area contributed by atoms with Gasteiger partial charge in [-0.1, -0.05) is 39.8 Å². The number of nitrogens with two attached hydrogens (primary N) is 1. The number of phenols is 1. The van der Waals surface area contributed by atoms with Crippen molar-refractivity contribution in [2.45, 2.75) is 64.7 Å². The Morgan fingerprint density at radius 2 is 1.46 bits per heavy atom. The molecule has 0 fully saturated rings. The molecule has 0 bridgehead atoms. The Bertz CT molecular complexity index is 1050. The second-order valence-electron chi connectivity index (χ2n) is 9.61. The molecule has 2 aromatic rings. The number of aliphatic carboxylic acids is 1. The van der Waals surface area contributed by atoms with Crippen molar-refractivity contribution in [1.29, 1.82) is 0 Å². The average Bonchev–Trinajstić information content (AvgIpc) is 3.34. The third-order valence-corrected chi connectivity index (χ3v) is 5.87. The lowest BCUT2D eigenvalue weighted by Gasteiger charge is -2.26. The number of hydrogen-bond donors (Lipinski definition) is 7. The number of carboxylic acids is 1. The molecule has 0 radical (unpaired) electrons. The Balaban J connectivity index is 2.30. The van der Waals surface area contributed by atoms with Gasteiger partial charge in [-0.15, -0.1) is 0 Å². The van der Waals surface area contributed by atoms with E-state index in [1.54, 1.807) is 39.8 Å². The minimum absolute atomic E-state index is 0.0124. The van der Waals surface area contributed by atoms with Crippen LogP contribution in [0.15, 0.2) is 36.8 Å². The van der Waals surface area contributed by atoms with Gasteiger partial charge in [-0.2, -0.15) is 0 Å². The van der Waals surface area contributed by atoms with Crippen molar-refractivity contribution in [1.82, 2.24) is 25.9 Å². The van der Waals surface area contributed by atoms with Crippen molar-refractivity contribution in [3.63, 3.8) is 0 Å². The number of benzene rings is 1. The van der Waals surface area contributed by atoms with E-state index >= 15 is 0 Å². The van der Waals surface area contributed by atoms with Crippen LogP contribution in [0, 0.1) is 11.8 Å². The Morgan fingerprint density at radius 1 is 0.892 bits per heavy atom. The molecule has 0 saturated heterocycles. The summed E-state index contributed by atoms with van der Waals surface area (Å²) in [4.78, 5) is 57.6. The van der Waals surface area contributed by atoms with Crippen LogP contribution in [0.1, 0.15) is 39.0 Å². The molecule has 3 amide bonds. The number of hydrogen-bond acceptors (Lipinski definition) is 7. The first-order chi connectivity index (χ1) is 17.4. The van der Waals surface area contributed by atoms with E-state index in [0.717, 1.165) is 0 Å². The lowest BCUT2D eigenvalue weighted by Crippen LogP contribution is -2.59. The summed E-state index contributed by atoms with van der Waals surface area (Å²) in [6.07, 6.45) is 3.01. The highest BCUT2D eigenvalue weighted by Gasteiger charge is 2.32. The largest absolute Gasteiger partial charge is 0.508 e. The summed E-state index contributed by atoms with van der Waals surface area (Å²) >= 11 is 0. The van der Waals surface area contributed by atoms with Crippen molar-refractivity contribution in [2.24, 2.45) is 17.6 Å². The van der Waals surface area contributed by atoms with E-state index in [4.69, 9.17) is 5.73 Å². The summed E-state index contributed by atoms with van der Waals surface area (Å²) in [5.74, 6) is -3.64. The minimum atomic E-state index is -1.20. The number of rotatable bonds is 13. The van der Waals surface area contributed by atoms with Crippen LogP contribution < -0.4 is 21.7 Å². The fourth-order valence-corrected chi connectivity index (χ4v) is 3.51. The number of aromatic amines is 1. The maximum absolute atomic E-state index is 13.4. The van der Waals surface area contributed by atoms with E-state index in [0.29, 0.717) is 11.3 Å². The molecule has 1 heterocycles. The zero-order chi connectivity index (χ0) is 27.7. The molecule has 4 unspecified atom stereocenters. The number of nitrogens with one attached hydrogen (secondary N) is 4. The molecule has 0 aliphatic carbocycles. The van der Waals surface area contributed by atoms with Crippen molar-refractivity contribution < 1.29 is 29.4 Å². The Morgan fingerprint density at radius 3 is 1.97 bits per heavy atom. The molecule has 4 atom stereocenters. The topological polar surface area (TPSA) is 200 Å². The number of carboxylic acid groups (broad SMARTS) is 1. The summed E-state index contributed by atoms with van der Waals surface area (Å²) in [6.45, 7) is 6.86. The molecule has 202 valence electrons. The maximum Gasteiger partial charge on any atom is 0.326 e. The molecule has 37 heavy (non-hydrogen) atoms. The van der Waals surface area contributed by atoms with Crippen molar-refractivity contribution in [3.8, 4) is 5.75 Å². The molecule has 12 nitrogen and oxygen atoms in total. The molecule has 0 spiro atoms. The molecular weight excluding hydrogens is 480 g/mol. The lowest BCUT2D eigenvalue weighted by molar-refractivity contribution is -0.143. The standard InChI is InChI=1S/C25H36N6O6/c1-13(2)20(26)24(35)30-19(10-16-11-27-12-28-16)22(33)29-18(9-15-5-7-17(32)8-6-15)23(34)31-21(14(3)4)25(36)37/h5-8,11-14,18-21,32H,9-10,26H2,1-4H3,(H,27,28)(H,29,33)(H,30,35)(H,31,34)(H,36,37). The van der Waals surface area contributed by atoms with Gasteiger partial charge in [-0.3, -0.25) is 14.4 Å². The van der Waals surface area contributed by atoms with Crippen LogP contribution in [-0.4, -0.2) is 68.0 Å². The van der Waals surface area contributed by atoms with Gasteiger partial charge in [0.05, 0.1) is 12.4 Å². The van der Waals surface area contributed by atoms with Crippen molar-refractivity contribution >= 4 is 23.7 Å². The van der Waals surface area contributed by atoms with Crippen LogP contribution in [0.25, 0.3) is 0 Å². The first-order valence-electron chi connectivity index (χ1n) is 12.0. The van der Waals surface area contributed by atoms with Crippen LogP contribution >= 0.6 is 0 Å². The van der Waals surface area contributed by atoms with E-state index in [9.17, 15) is 29.4 Å². The number of aromatic nitrogens is 2. The Kier molecular flexibility index (Phi) is 10.6. The molecule has 0 aliphatic rings. The summed E-state index contributed by atoms with van der Waals surface area (Å²) in [5, 5.41) is 26.9. The number of aromatic hydroxyl groups is 1. The lowest BCUT2D eigenvalue weighted by atomic mass is 10.0. The average molecular weight is 517 g/mol. The van der Waals surface area contributed by atoms with Gasteiger partial charge >= 0.3 is 5.97 Å². The van der Waals surface area contributed by atoms with E-state index in [2.05, 4.69) is 25.9 Å².